The van der Waals surface area contributed by atoms with Gasteiger partial charge in [-0.1, -0.05) is 30.3 Å². The maximum Gasteiger partial charge on any atom is 0.0717 e. The van der Waals surface area contributed by atoms with E-state index < -0.39 is 0 Å². The quantitative estimate of drug-likeness (QED) is 0.820. The average molecular weight is 237 g/mol. The van der Waals surface area contributed by atoms with Gasteiger partial charge in [-0.05, 0) is 12.5 Å². The van der Waals surface area contributed by atoms with Gasteiger partial charge in [0.15, 0.2) is 0 Å². The van der Waals surface area contributed by atoms with E-state index in [0.29, 0.717) is 18.7 Å². The van der Waals surface area contributed by atoms with E-state index in [-0.39, 0.29) is 0 Å². The van der Waals surface area contributed by atoms with Gasteiger partial charge in [0.05, 0.1) is 13.2 Å². The van der Waals surface area contributed by atoms with E-state index in [1.165, 1.54) is 17.1 Å². The fourth-order valence-corrected chi connectivity index (χ4v) is 2.37. The van der Waals surface area contributed by atoms with Crippen LogP contribution in [0, 0.1) is 0 Å². The van der Waals surface area contributed by atoms with E-state index in [1.807, 2.05) is 30.0 Å². The smallest absolute Gasteiger partial charge is 0.0717 e. The summed E-state index contributed by atoms with van der Waals surface area (Å²) in [5, 5.41) is 3.56. The largest absolute Gasteiger partial charge is 0.375 e. The molecule has 0 bridgehead atoms. The highest BCUT2D eigenvalue weighted by Gasteiger charge is 2.19. The summed E-state index contributed by atoms with van der Waals surface area (Å²) in [6, 6.07) is 11.5. The molecule has 1 aromatic rings. The van der Waals surface area contributed by atoms with Gasteiger partial charge >= 0.3 is 0 Å². The molecule has 2 nitrogen and oxygen atoms in total. The summed E-state index contributed by atoms with van der Waals surface area (Å²) >= 11 is 2.00. The van der Waals surface area contributed by atoms with Gasteiger partial charge in [-0.2, -0.15) is 11.8 Å². The molecular formula is C13H19NOS. The SMILES string of the molecule is CC(COCc1ccccc1)NC1CSC1. The second-order valence-corrected chi connectivity index (χ2v) is 5.38. The molecule has 1 saturated heterocycles. The third kappa shape index (κ3) is 3.81. The van der Waals surface area contributed by atoms with E-state index in [9.17, 15) is 0 Å². The molecule has 1 aliphatic rings. The molecule has 0 spiro atoms. The van der Waals surface area contributed by atoms with Crippen LogP contribution in [0.2, 0.25) is 0 Å². The van der Waals surface area contributed by atoms with Crippen LogP contribution < -0.4 is 5.32 Å². The van der Waals surface area contributed by atoms with Gasteiger partial charge in [0.1, 0.15) is 0 Å². The Balaban J connectivity index is 1.60. The molecule has 1 atom stereocenters. The second kappa shape index (κ2) is 6.28. The van der Waals surface area contributed by atoms with Crippen LogP contribution in [-0.4, -0.2) is 30.2 Å². The lowest BCUT2D eigenvalue weighted by Gasteiger charge is -2.29. The first-order chi connectivity index (χ1) is 7.84. The first-order valence-electron chi connectivity index (χ1n) is 5.80. The molecular weight excluding hydrogens is 218 g/mol. The Hall–Kier alpha value is -0.510. The molecule has 1 aromatic carbocycles. The third-order valence-corrected chi connectivity index (χ3v) is 3.91. The Labute approximate surface area is 102 Å². The summed E-state index contributed by atoms with van der Waals surface area (Å²) in [5.74, 6) is 2.51. The molecule has 1 heterocycles. The molecule has 1 aliphatic heterocycles. The van der Waals surface area contributed by atoms with Crippen LogP contribution in [0.1, 0.15) is 12.5 Å². The van der Waals surface area contributed by atoms with Crippen LogP contribution in [-0.2, 0) is 11.3 Å². The van der Waals surface area contributed by atoms with Crippen molar-refractivity contribution in [3.8, 4) is 0 Å². The minimum absolute atomic E-state index is 0.453. The summed E-state index contributed by atoms with van der Waals surface area (Å²) in [7, 11) is 0. The van der Waals surface area contributed by atoms with E-state index >= 15 is 0 Å². The first kappa shape index (κ1) is 12.0. The Morgan fingerprint density at radius 3 is 2.75 bits per heavy atom. The topological polar surface area (TPSA) is 21.3 Å². The van der Waals surface area contributed by atoms with Crippen LogP contribution in [0.5, 0.6) is 0 Å². The fraction of sp³-hybridized carbons (Fsp3) is 0.538. The van der Waals surface area contributed by atoms with Crippen molar-refractivity contribution < 1.29 is 4.74 Å². The van der Waals surface area contributed by atoms with Gasteiger partial charge in [-0.25, -0.2) is 0 Å². The molecule has 0 aromatic heterocycles. The highest BCUT2D eigenvalue weighted by molar-refractivity contribution is 8.00. The van der Waals surface area contributed by atoms with Crippen molar-refractivity contribution >= 4 is 11.8 Å². The summed E-state index contributed by atoms with van der Waals surface area (Å²) in [5.41, 5.74) is 1.24. The minimum Gasteiger partial charge on any atom is -0.375 e. The number of thioether (sulfide) groups is 1. The predicted octanol–water partition coefficient (Wildman–Crippen LogP) is 2.30. The monoisotopic (exact) mass is 237 g/mol. The highest BCUT2D eigenvalue weighted by atomic mass is 32.2. The van der Waals surface area contributed by atoms with Crippen molar-refractivity contribution in [1.82, 2.24) is 5.32 Å². The standard InChI is InChI=1S/C13H19NOS/c1-11(14-13-9-16-10-13)7-15-8-12-5-3-2-4-6-12/h2-6,11,13-14H,7-10H2,1H3. The summed E-state index contributed by atoms with van der Waals surface area (Å²) in [4.78, 5) is 0. The summed E-state index contributed by atoms with van der Waals surface area (Å²) in [6.07, 6.45) is 0. The molecule has 0 radical (unpaired) electrons. The van der Waals surface area contributed by atoms with Crippen molar-refractivity contribution in [3.63, 3.8) is 0 Å². The Morgan fingerprint density at radius 2 is 2.12 bits per heavy atom. The van der Waals surface area contributed by atoms with E-state index in [1.54, 1.807) is 0 Å². The van der Waals surface area contributed by atoms with Gasteiger partial charge in [0, 0.05) is 23.6 Å². The molecule has 2 rings (SSSR count). The van der Waals surface area contributed by atoms with E-state index in [2.05, 4.69) is 24.4 Å². The van der Waals surface area contributed by atoms with Crippen LogP contribution in [0.15, 0.2) is 30.3 Å². The van der Waals surface area contributed by atoms with Gasteiger partial charge in [-0.3, -0.25) is 0 Å². The number of hydrogen-bond donors (Lipinski definition) is 1. The van der Waals surface area contributed by atoms with Crippen LogP contribution in [0.25, 0.3) is 0 Å². The minimum atomic E-state index is 0.453. The molecule has 0 amide bonds. The fourth-order valence-electron chi connectivity index (χ4n) is 1.71. The number of ether oxygens (including phenoxy) is 1. The van der Waals surface area contributed by atoms with Crippen molar-refractivity contribution in [2.24, 2.45) is 0 Å². The molecule has 1 unspecified atom stereocenters. The van der Waals surface area contributed by atoms with Crippen molar-refractivity contribution in [3.05, 3.63) is 35.9 Å². The highest BCUT2D eigenvalue weighted by Crippen LogP contribution is 2.17. The molecule has 1 N–H and O–H groups in total. The predicted molar refractivity (Wildman–Crippen MR) is 69.8 cm³/mol. The zero-order valence-electron chi connectivity index (χ0n) is 9.69. The van der Waals surface area contributed by atoms with Gasteiger partial charge in [0.2, 0.25) is 0 Å². The van der Waals surface area contributed by atoms with Gasteiger partial charge in [0.25, 0.3) is 0 Å². The molecule has 88 valence electrons. The van der Waals surface area contributed by atoms with Crippen LogP contribution in [0.3, 0.4) is 0 Å². The maximum absolute atomic E-state index is 5.68. The third-order valence-electron chi connectivity index (χ3n) is 2.64. The second-order valence-electron chi connectivity index (χ2n) is 4.30. The Kier molecular flexibility index (Phi) is 4.69. The number of hydrogen-bond acceptors (Lipinski definition) is 3. The Bertz CT molecular complexity index is 300. The lowest BCUT2D eigenvalue weighted by Crippen LogP contribution is -2.46. The first-order valence-corrected chi connectivity index (χ1v) is 6.95. The normalized spacial score (nSPS) is 18.1. The van der Waals surface area contributed by atoms with Gasteiger partial charge < -0.3 is 10.1 Å². The number of benzene rings is 1. The van der Waals surface area contributed by atoms with E-state index in [4.69, 9.17) is 4.74 Å². The molecule has 1 fully saturated rings. The Morgan fingerprint density at radius 1 is 1.38 bits per heavy atom. The lowest BCUT2D eigenvalue weighted by atomic mass is 10.2. The average Bonchev–Trinajstić information content (AvgIpc) is 2.25. The molecule has 16 heavy (non-hydrogen) atoms. The maximum atomic E-state index is 5.68. The number of nitrogens with one attached hydrogen (secondary N) is 1. The zero-order chi connectivity index (χ0) is 11.2. The summed E-state index contributed by atoms with van der Waals surface area (Å²) in [6.45, 7) is 3.69. The van der Waals surface area contributed by atoms with Crippen molar-refractivity contribution in [2.45, 2.75) is 25.6 Å². The zero-order valence-corrected chi connectivity index (χ0v) is 10.5. The van der Waals surface area contributed by atoms with Crippen LogP contribution >= 0.6 is 11.8 Å². The number of rotatable bonds is 6. The van der Waals surface area contributed by atoms with E-state index in [0.717, 1.165) is 6.61 Å². The summed E-state index contributed by atoms with van der Waals surface area (Å²) < 4.78 is 5.68. The molecule has 0 aliphatic carbocycles. The molecule has 0 saturated carbocycles. The lowest BCUT2D eigenvalue weighted by molar-refractivity contribution is 0.101. The van der Waals surface area contributed by atoms with Crippen LogP contribution in [0.4, 0.5) is 0 Å². The molecule has 3 heteroatoms. The van der Waals surface area contributed by atoms with Gasteiger partial charge in [-0.15, -0.1) is 0 Å². The van der Waals surface area contributed by atoms with Crippen molar-refractivity contribution in [2.75, 3.05) is 18.1 Å². The van der Waals surface area contributed by atoms with Crippen molar-refractivity contribution in [1.29, 1.82) is 0 Å².